The van der Waals surface area contributed by atoms with Gasteiger partial charge in [-0.3, -0.25) is 9.36 Å². The molecule has 0 aliphatic heterocycles. The largest absolute Gasteiger partial charge is 0.481 e. The number of imidazole rings is 1. The number of aromatic nitrogens is 3. The summed E-state index contributed by atoms with van der Waals surface area (Å²) in [4.78, 5) is 32.1. The summed E-state index contributed by atoms with van der Waals surface area (Å²) in [7, 11) is 3.44. The van der Waals surface area contributed by atoms with Crippen molar-refractivity contribution in [2.45, 2.75) is 19.8 Å². The molecule has 0 fully saturated rings. The average molecular weight is 428 g/mol. The number of hydrogen-bond donors (Lipinski definition) is 1. The first-order chi connectivity index (χ1) is 15.5. The number of methoxy groups -OCH3 is 1. The minimum atomic E-state index is -0.0105. The molecule has 4 aromatic rings. The van der Waals surface area contributed by atoms with Gasteiger partial charge >= 0.3 is 0 Å². The minimum absolute atomic E-state index is 0.0105. The Balaban J connectivity index is 1.95. The molecule has 0 atom stereocenters. The molecule has 0 bridgehead atoms. The monoisotopic (exact) mass is 428 g/mol. The van der Waals surface area contributed by atoms with Gasteiger partial charge in [0.05, 0.1) is 18.1 Å². The molecule has 2 aromatic carbocycles. The predicted octanol–water partition coefficient (Wildman–Crippen LogP) is 4.47. The van der Waals surface area contributed by atoms with E-state index in [2.05, 4.69) is 16.4 Å². The number of pyridine rings is 1. The van der Waals surface area contributed by atoms with Crippen LogP contribution < -0.4 is 10.1 Å². The molecule has 32 heavy (non-hydrogen) atoms. The zero-order chi connectivity index (χ0) is 22.7. The predicted molar refractivity (Wildman–Crippen MR) is 125 cm³/mol. The van der Waals surface area contributed by atoms with Gasteiger partial charge in [-0.05, 0) is 61.4 Å². The molecule has 0 saturated heterocycles. The maximum atomic E-state index is 11.9. The van der Waals surface area contributed by atoms with E-state index in [4.69, 9.17) is 9.72 Å². The van der Waals surface area contributed by atoms with E-state index in [1.165, 1.54) is 0 Å². The van der Waals surface area contributed by atoms with E-state index in [1.54, 1.807) is 26.3 Å². The fourth-order valence-electron chi connectivity index (χ4n) is 3.77. The summed E-state index contributed by atoms with van der Waals surface area (Å²) in [5.74, 6) is 1.21. The maximum Gasteiger partial charge on any atom is 0.212 e. The molecule has 0 unspecified atom stereocenters. The van der Waals surface area contributed by atoms with Crippen LogP contribution in [0.1, 0.15) is 29.3 Å². The average Bonchev–Trinajstić information content (AvgIpc) is 3.21. The third-order valence-electron chi connectivity index (χ3n) is 5.41. The van der Waals surface area contributed by atoms with Crippen molar-refractivity contribution in [2.24, 2.45) is 0 Å². The Bertz CT molecular complexity index is 1290. The Morgan fingerprint density at radius 3 is 2.66 bits per heavy atom. The van der Waals surface area contributed by atoms with Gasteiger partial charge in [0.25, 0.3) is 0 Å². The molecule has 0 amide bonds. The Labute approximate surface area is 186 Å². The van der Waals surface area contributed by atoms with E-state index < -0.39 is 0 Å². The number of ether oxygens (including phenoxy) is 1. The van der Waals surface area contributed by atoms with Crippen molar-refractivity contribution in [2.75, 3.05) is 19.5 Å². The van der Waals surface area contributed by atoms with Gasteiger partial charge in [-0.15, -0.1) is 0 Å². The Kier molecular flexibility index (Phi) is 5.98. The first-order valence-electron chi connectivity index (χ1n) is 10.3. The summed E-state index contributed by atoms with van der Waals surface area (Å²) in [6, 6.07) is 15.3. The maximum absolute atomic E-state index is 11.9. The Morgan fingerprint density at radius 1 is 1.16 bits per heavy atom. The van der Waals surface area contributed by atoms with E-state index in [-0.39, 0.29) is 5.78 Å². The lowest BCUT2D eigenvalue weighted by Gasteiger charge is -2.14. The molecular formula is C25H24N4O3. The number of nitrogens with one attached hydrogen (secondary N) is 1. The van der Waals surface area contributed by atoms with E-state index >= 15 is 0 Å². The van der Waals surface area contributed by atoms with Gasteiger partial charge in [-0.1, -0.05) is 0 Å². The minimum Gasteiger partial charge on any atom is -0.481 e. The van der Waals surface area contributed by atoms with Gasteiger partial charge < -0.3 is 14.8 Å². The summed E-state index contributed by atoms with van der Waals surface area (Å²) in [6.07, 6.45) is 3.72. The Morgan fingerprint density at radius 2 is 2.00 bits per heavy atom. The molecule has 0 saturated carbocycles. The van der Waals surface area contributed by atoms with Gasteiger partial charge in [-0.2, -0.15) is 0 Å². The number of hydrogen-bond acceptors (Lipinski definition) is 6. The molecule has 0 spiro atoms. The normalized spacial score (nSPS) is 10.8. The second kappa shape index (κ2) is 9.01. The van der Waals surface area contributed by atoms with Crippen LogP contribution in [0.25, 0.3) is 28.1 Å². The summed E-state index contributed by atoms with van der Waals surface area (Å²) >= 11 is 0. The van der Waals surface area contributed by atoms with Crippen molar-refractivity contribution in [3.63, 3.8) is 0 Å². The van der Waals surface area contributed by atoms with Crippen LogP contribution in [0.15, 0.2) is 54.7 Å². The topological polar surface area (TPSA) is 86.1 Å². The van der Waals surface area contributed by atoms with Crippen LogP contribution in [0.5, 0.6) is 5.88 Å². The standard InChI is InChI=1S/C25H24N4O3/c1-16(31)17-6-10-23-22(14-17)28-25(19-7-11-24(32-3)27-15-19)29(23)20-8-9-21(26-2)18(13-20)5-4-12-30/h6-15,26H,4-5H2,1-3H3. The van der Waals surface area contributed by atoms with E-state index in [0.717, 1.165) is 39.8 Å². The number of fused-ring (bicyclic) bond motifs is 1. The number of nitrogens with zero attached hydrogens (tertiary/aromatic N) is 3. The summed E-state index contributed by atoms with van der Waals surface area (Å²) < 4.78 is 7.24. The van der Waals surface area contributed by atoms with Gasteiger partial charge in [0, 0.05) is 48.2 Å². The number of ketones is 1. The highest BCUT2D eigenvalue weighted by atomic mass is 16.5. The third-order valence-corrected chi connectivity index (χ3v) is 5.41. The first kappa shape index (κ1) is 21.2. The lowest BCUT2D eigenvalue weighted by Crippen LogP contribution is -2.02. The molecule has 0 aliphatic rings. The van der Waals surface area contributed by atoms with Crippen LogP contribution in [0.2, 0.25) is 0 Å². The number of carbonyl (C=O) groups excluding carboxylic acids is 2. The Hall–Kier alpha value is -4.00. The van der Waals surface area contributed by atoms with Crippen LogP contribution in [0, 0.1) is 0 Å². The number of anilines is 1. The highest BCUT2D eigenvalue weighted by Gasteiger charge is 2.17. The highest BCUT2D eigenvalue weighted by molar-refractivity contribution is 5.98. The molecule has 2 heterocycles. The van der Waals surface area contributed by atoms with Crippen LogP contribution in [-0.4, -0.2) is 40.8 Å². The van der Waals surface area contributed by atoms with Crippen LogP contribution in [0.4, 0.5) is 5.69 Å². The van der Waals surface area contributed by atoms with Crippen LogP contribution in [0.3, 0.4) is 0 Å². The molecular weight excluding hydrogens is 404 g/mol. The molecule has 162 valence electrons. The van der Waals surface area contributed by atoms with Crippen molar-refractivity contribution in [3.05, 3.63) is 65.9 Å². The first-order valence-corrected chi connectivity index (χ1v) is 10.3. The zero-order valence-electron chi connectivity index (χ0n) is 18.3. The number of aryl methyl sites for hydroxylation is 1. The molecule has 2 aromatic heterocycles. The lowest BCUT2D eigenvalue weighted by atomic mass is 10.1. The number of aldehydes is 1. The number of rotatable bonds is 8. The summed E-state index contributed by atoms with van der Waals surface area (Å²) in [6.45, 7) is 1.54. The second-order valence-corrected chi connectivity index (χ2v) is 7.42. The molecule has 7 nitrogen and oxygen atoms in total. The SMILES string of the molecule is CNc1ccc(-n2c(-c3ccc(OC)nc3)nc3cc(C(C)=O)ccc32)cc1CCC=O. The number of Topliss-reactive ketones (excluding diaryl/α,β-unsaturated/α-hetero) is 1. The van der Waals surface area contributed by atoms with Gasteiger partial charge in [0.1, 0.15) is 12.1 Å². The second-order valence-electron chi connectivity index (χ2n) is 7.42. The molecule has 7 heteroatoms. The van der Waals surface area contributed by atoms with Crippen molar-refractivity contribution < 1.29 is 14.3 Å². The van der Waals surface area contributed by atoms with Gasteiger partial charge in [0.15, 0.2) is 5.78 Å². The molecule has 0 radical (unpaired) electrons. The smallest absolute Gasteiger partial charge is 0.212 e. The van der Waals surface area contributed by atoms with Crippen molar-refractivity contribution in [1.82, 2.24) is 14.5 Å². The van der Waals surface area contributed by atoms with Crippen molar-refractivity contribution >= 4 is 28.8 Å². The van der Waals surface area contributed by atoms with Crippen LogP contribution in [-0.2, 0) is 11.2 Å². The fraction of sp³-hybridized carbons (Fsp3) is 0.200. The van der Waals surface area contributed by atoms with Crippen LogP contribution >= 0.6 is 0 Å². The third kappa shape index (κ3) is 3.97. The summed E-state index contributed by atoms with van der Waals surface area (Å²) in [5.41, 5.74) is 5.95. The zero-order valence-corrected chi connectivity index (χ0v) is 18.3. The van der Waals surface area contributed by atoms with E-state index in [9.17, 15) is 9.59 Å². The summed E-state index contributed by atoms with van der Waals surface area (Å²) in [5, 5.41) is 3.19. The van der Waals surface area contributed by atoms with Crippen molar-refractivity contribution in [3.8, 4) is 23.0 Å². The fourth-order valence-corrected chi connectivity index (χ4v) is 3.77. The molecule has 1 N–H and O–H groups in total. The number of carbonyl (C=O) groups is 2. The van der Waals surface area contributed by atoms with Gasteiger partial charge in [-0.25, -0.2) is 9.97 Å². The highest BCUT2D eigenvalue weighted by Crippen LogP contribution is 2.31. The molecule has 0 aliphatic carbocycles. The van der Waals surface area contributed by atoms with Crippen molar-refractivity contribution in [1.29, 1.82) is 0 Å². The molecule has 4 rings (SSSR count). The lowest BCUT2D eigenvalue weighted by molar-refractivity contribution is -0.107. The van der Waals surface area contributed by atoms with Gasteiger partial charge in [0.2, 0.25) is 5.88 Å². The quantitative estimate of drug-likeness (QED) is 0.329. The van der Waals surface area contributed by atoms with E-state index in [0.29, 0.717) is 30.1 Å². The van der Waals surface area contributed by atoms with E-state index in [1.807, 2.05) is 48.0 Å². The number of benzene rings is 2.